The SMILES string of the molecule is CN1CCC(N(C)C/C=C/c2ccccc2)CC1. The minimum atomic E-state index is 0.752. The van der Waals surface area contributed by atoms with Gasteiger partial charge in [-0.2, -0.15) is 0 Å². The summed E-state index contributed by atoms with van der Waals surface area (Å²) < 4.78 is 0. The molecule has 2 nitrogen and oxygen atoms in total. The van der Waals surface area contributed by atoms with Crippen LogP contribution in [0.5, 0.6) is 0 Å². The lowest BCUT2D eigenvalue weighted by molar-refractivity contribution is 0.155. The number of likely N-dealkylation sites (tertiary alicyclic amines) is 1. The summed E-state index contributed by atoms with van der Waals surface area (Å²) in [4.78, 5) is 4.90. The molecular weight excluding hydrogens is 220 g/mol. The Kier molecular flexibility index (Phi) is 4.97. The number of piperidine rings is 1. The quantitative estimate of drug-likeness (QED) is 0.803. The van der Waals surface area contributed by atoms with Gasteiger partial charge in [0.05, 0.1) is 0 Å². The van der Waals surface area contributed by atoms with Crippen molar-refractivity contribution in [1.29, 1.82) is 0 Å². The van der Waals surface area contributed by atoms with Crippen LogP contribution in [0.2, 0.25) is 0 Å². The van der Waals surface area contributed by atoms with Crippen LogP contribution in [0, 0.1) is 0 Å². The Morgan fingerprint density at radius 3 is 2.56 bits per heavy atom. The zero-order valence-electron chi connectivity index (χ0n) is 11.5. The van der Waals surface area contributed by atoms with E-state index >= 15 is 0 Å². The fraction of sp³-hybridized carbons (Fsp3) is 0.500. The standard InChI is InChI=1S/C16H24N2/c1-17-13-10-16(11-14-17)18(2)12-6-9-15-7-4-3-5-8-15/h3-9,16H,10-14H2,1-2H3/b9-6+. The van der Waals surface area contributed by atoms with Gasteiger partial charge in [-0.1, -0.05) is 42.5 Å². The highest BCUT2D eigenvalue weighted by Crippen LogP contribution is 2.14. The van der Waals surface area contributed by atoms with Crippen LogP contribution < -0.4 is 0 Å². The van der Waals surface area contributed by atoms with E-state index in [1.165, 1.54) is 31.5 Å². The summed E-state index contributed by atoms with van der Waals surface area (Å²) in [5.74, 6) is 0. The van der Waals surface area contributed by atoms with Crippen molar-refractivity contribution < 1.29 is 0 Å². The second kappa shape index (κ2) is 6.72. The molecule has 0 bridgehead atoms. The zero-order valence-corrected chi connectivity index (χ0v) is 11.5. The molecule has 1 aromatic carbocycles. The normalized spacial score (nSPS) is 18.8. The van der Waals surface area contributed by atoms with E-state index in [2.05, 4.69) is 66.4 Å². The van der Waals surface area contributed by atoms with E-state index in [1.54, 1.807) is 0 Å². The maximum atomic E-state index is 2.48. The monoisotopic (exact) mass is 244 g/mol. The molecule has 18 heavy (non-hydrogen) atoms. The van der Waals surface area contributed by atoms with Crippen molar-refractivity contribution in [3.05, 3.63) is 42.0 Å². The lowest BCUT2D eigenvalue weighted by Crippen LogP contribution is -2.41. The van der Waals surface area contributed by atoms with Crippen LogP contribution in [0.4, 0.5) is 0 Å². The molecule has 0 aromatic heterocycles. The molecule has 1 fully saturated rings. The van der Waals surface area contributed by atoms with E-state index in [0.29, 0.717) is 0 Å². The summed E-state index contributed by atoms with van der Waals surface area (Å²) >= 11 is 0. The van der Waals surface area contributed by atoms with Gasteiger partial charge in [-0.3, -0.25) is 4.90 Å². The summed E-state index contributed by atoms with van der Waals surface area (Å²) in [6.07, 6.45) is 7.08. The highest BCUT2D eigenvalue weighted by molar-refractivity contribution is 5.48. The lowest BCUT2D eigenvalue weighted by Gasteiger charge is -2.34. The molecule has 1 saturated heterocycles. The number of benzene rings is 1. The van der Waals surface area contributed by atoms with Gasteiger partial charge in [-0.25, -0.2) is 0 Å². The predicted octanol–water partition coefficient (Wildman–Crippen LogP) is 2.73. The largest absolute Gasteiger partial charge is 0.306 e. The van der Waals surface area contributed by atoms with Crippen LogP contribution in [-0.2, 0) is 0 Å². The van der Waals surface area contributed by atoms with Crippen LogP contribution in [0.1, 0.15) is 18.4 Å². The van der Waals surface area contributed by atoms with Crippen molar-refractivity contribution >= 4 is 6.08 Å². The first-order valence-corrected chi connectivity index (χ1v) is 6.86. The summed E-state index contributed by atoms with van der Waals surface area (Å²) in [5, 5.41) is 0. The third-order valence-electron chi connectivity index (χ3n) is 3.81. The van der Waals surface area contributed by atoms with E-state index in [9.17, 15) is 0 Å². The van der Waals surface area contributed by atoms with E-state index in [1.807, 2.05) is 0 Å². The van der Waals surface area contributed by atoms with E-state index in [-0.39, 0.29) is 0 Å². The molecule has 2 rings (SSSR count). The average molecular weight is 244 g/mol. The third kappa shape index (κ3) is 3.97. The van der Waals surface area contributed by atoms with Gasteiger partial charge in [-0.05, 0) is 45.6 Å². The molecule has 0 N–H and O–H groups in total. The van der Waals surface area contributed by atoms with Crippen molar-refractivity contribution in [2.45, 2.75) is 18.9 Å². The highest BCUT2D eigenvalue weighted by atomic mass is 15.2. The molecule has 2 heteroatoms. The first-order chi connectivity index (χ1) is 8.75. The second-order valence-electron chi connectivity index (χ2n) is 5.29. The highest BCUT2D eigenvalue weighted by Gasteiger charge is 2.19. The Hall–Kier alpha value is -1.12. The molecule has 0 unspecified atom stereocenters. The molecule has 0 amide bonds. The first kappa shape index (κ1) is 13.3. The molecule has 0 aliphatic carbocycles. The minimum Gasteiger partial charge on any atom is -0.306 e. The molecule has 0 radical (unpaired) electrons. The number of hydrogen-bond acceptors (Lipinski definition) is 2. The van der Waals surface area contributed by atoms with Gasteiger partial charge in [0.2, 0.25) is 0 Å². The summed E-state index contributed by atoms with van der Waals surface area (Å²) in [6, 6.07) is 11.3. The minimum absolute atomic E-state index is 0.752. The van der Waals surface area contributed by atoms with E-state index < -0.39 is 0 Å². The van der Waals surface area contributed by atoms with Gasteiger partial charge < -0.3 is 4.90 Å². The number of hydrogen-bond donors (Lipinski definition) is 0. The van der Waals surface area contributed by atoms with E-state index in [4.69, 9.17) is 0 Å². The Labute approximate surface area is 111 Å². The molecule has 1 heterocycles. The topological polar surface area (TPSA) is 6.48 Å². The fourth-order valence-electron chi connectivity index (χ4n) is 2.50. The number of rotatable bonds is 4. The van der Waals surface area contributed by atoms with Gasteiger partial charge >= 0.3 is 0 Å². The Bertz CT molecular complexity index is 364. The third-order valence-corrected chi connectivity index (χ3v) is 3.81. The Morgan fingerprint density at radius 2 is 1.89 bits per heavy atom. The van der Waals surface area contributed by atoms with Crippen LogP contribution in [0.25, 0.3) is 6.08 Å². The smallest absolute Gasteiger partial charge is 0.0166 e. The number of likely N-dealkylation sites (N-methyl/N-ethyl adjacent to an activating group) is 1. The molecular formula is C16H24N2. The molecule has 0 saturated carbocycles. The van der Waals surface area contributed by atoms with Gasteiger partial charge in [0.1, 0.15) is 0 Å². The van der Waals surface area contributed by atoms with Crippen molar-refractivity contribution in [3.8, 4) is 0 Å². The van der Waals surface area contributed by atoms with E-state index in [0.717, 1.165) is 12.6 Å². The van der Waals surface area contributed by atoms with Gasteiger partial charge in [0, 0.05) is 12.6 Å². The summed E-state index contributed by atoms with van der Waals surface area (Å²) in [7, 11) is 4.46. The van der Waals surface area contributed by atoms with Crippen molar-refractivity contribution in [2.24, 2.45) is 0 Å². The zero-order chi connectivity index (χ0) is 12.8. The molecule has 98 valence electrons. The lowest BCUT2D eigenvalue weighted by atomic mass is 10.0. The van der Waals surface area contributed by atoms with Gasteiger partial charge in [-0.15, -0.1) is 0 Å². The van der Waals surface area contributed by atoms with Crippen molar-refractivity contribution in [2.75, 3.05) is 33.7 Å². The summed E-state index contributed by atoms with van der Waals surface area (Å²) in [6.45, 7) is 3.51. The van der Waals surface area contributed by atoms with Crippen LogP contribution in [-0.4, -0.2) is 49.6 Å². The van der Waals surface area contributed by atoms with Gasteiger partial charge in [0.25, 0.3) is 0 Å². The van der Waals surface area contributed by atoms with Crippen LogP contribution in [0.3, 0.4) is 0 Å². The summed E-state index contributed by atoms with van der Waals surface area (Å²) in [5.41, 5.74) is 1.29. The van der Waals surface area contributed by atoms with Crippen molar-refractivity contribution in [1.82, 2.24) is 9.80 Å². The maximum Gasteiger partial charge on any atom is 0.0166 e. The average Bonchev–Trinajstić information content (AvgIpc) is 2.40. The molecule has 0 spiro atoms. The Morgan fingerprint density at radius 1 is 1.22 bits per heavy atom. The number of nitrogens with zero attached hydrogens (tertiary/aromatic N) is 2. The molecule has 1 aromatic rings. The first-order valence-electron chi connectivity index (χ1n) is 6.86. The van der Waals surface area contributed by atoms with Crippen LogP contribution in [0.15, 0.2) is 36.4 Å². The molecule has 1 aliphatic heterocycles. The van der Waals surface area contributed by atoms with Crippen molar-refractivity contribution in [3.63, 3.8) is 0 Å². The maximum absolute atomic E-state index is 2.48. The fourth-order valence-corrected chi connectivity index (χ4v) is 2.50. The Balaban J connectivity index is 1.78. The van der Waals surface area contributed by atoms with Gasteiger partial charge in [0.15, 0.2) is 0 Å². The molecule has 1 aliphatic rings. The second-order valence-corrected chi connectivity index (χ2v) is 5.29. The van der Waals surface area contributed by atoms with Crippen LogP contribution >= 0.6 is 0 Å². The molecule has 0 atom stereocenters. The predicted molar refractivity (Wildman–Crippen MR) is 78.6 cm³/mol.